The minimum Gasteiger partial charge on any atom is -0.351 e. The number of rotatable bonds is 11. The number of carbonyl (C=O) groups excluding carboxylic acids is 1. The van der Waals surface area contributed by atoms with Crippen LogP contribution in [-0.2, 0) is 6.54 Å². The topological polar surface area (TPSA) is 67.2 Å². The molecule has 2 rings (SSSR count). The molecule has 1 amide bonds. The monoisotopic (exact) mass is 392 g/mol. The highest BCUT2D eigenvalue weighted by Gasteiger charge is 2.19. The van der Waals surface area contributed by atoms with Gasteiger partial charge in [-0.1, -0.05) is 27.2 Å². The highest BCUT2D eigenvalue weighted by atomic mass is 32.1. The van der Waals surface area contributed by atoms with Crippen molar-refractivity contribution in [2.45, 2.75) is 59.9 Å². The molecule has 0 aliphatic carbocycles. The minimum absolute atomic E-state index is 0.0412. The molecule has 0 atom stereocenters. The van der Waals surface area contributed by atoms with Gasteiger partial charge in [-0.25, -0.2) is 4.98 Å². The first-order chi connectivity index (χ1) is 13.0. The maximum absolute atomic E-state index is 12.7. The van der Waals surface area contributed by atoms with Crippen molar-refractivity contribution in [1.29, 1.82) is 0 Å². The Morgan fingerprint density at radius 3 is 2.63 bits per heavy atom. The van der Waals surface area contributed by atoms with Crippen molar-refractivity contribution in [2.24, 2.45) is 0 Å². The molecule has 2 aromatic heterocycles. The Kier molecular flexibility index (Phi) is 8.44. The molecular weight excluding hydrogens is 360 g/mol. The van der Waals surface area contributed by atoms with Crippen LogP contribution in [-0.4, -0.2) is 46.5 Å². The lowest BCUT2D eigenvalue weighted by Crippen LogP contribution is -2.27. The summed E-state index contributed by atoms with van der Waals surface area (Å²) in [5.74, 6) is -0.0992. The first kappa shape index (κ1) is 21.6. The van der Waals surface area contributed by atoms with Crippen molar-refractivity contribution in [3.8, 4) is 0 Å². The van der Waals surface area contributed by atoms with Crippen LogP contribution in [0.15, 0.2) is 11.1 Å². The Morgan fingerprint density at radius 1 is 1.22 bits per heavy atom. The molecule has 0 fully saturated rings. The van der Waals surface area contributed by atoms with Crippen molar-refractivity contribution in [2.75, 3.05) is 26.2 Å². The summed E-state index contributed by atoms with van der Waals surface area (Å²) in [7, 11) is 0. The Labute approximate surface area is 165 Å². The molecule has 0 aromatic carbocycles. The molecule has 0 saturated carbocycles. The summed E-state index contributed by atoms with van der Waals surface area (Å²) in [6, 6.07) is 0. The third kappa shape index (κ3) is 5.39. The molecule has 6 nitrogen and oxygen atoms in total. The van der Waals surface area contributed by atoms with Crippen molar-refractivity contribution >= 4 is 27.5 Å². The second-order valence-corrected chi connectivity index (χ2v) is 7.82. The van der Waals surface area contributed by atoms with Crippen LogP contribution in [0, 0.1) is 6.92 Å². The fraction of sp³-hybridized carbons (Fsp3) is 0.650. The van der Waals surface area contributed by atoms with E-state index in [1.807, 2.05) is 6.92 Å². The maximum Gasteiger partial charge on any atom is 0.262 e. The second-order valence-electron chi connectivity index (χ2n) is 6.82. The van der Waals surface area contributed by atoms with E-state index in [1.54, 1.807) is 10.9 Å². The number of fused-ring (bicyclic) bond motifs is 1. The third-order valence-electron chi connectivity index (χ3n) is 4.96. The predicted molar refractivity (Wildman–Crippen MR) is 113 cm³/mol. The third-order valence-corrected chi connectivity index (χ3v) is 6.16. The van der Waals surface area contributed by atoms with Gasteiger partial charge in [-0.05, 0) is 51.4 Å². The highest BCUT2D eigenvalue weighted by molar-refractivity contribution is 7.20. The molecular formula is C20H32N4O2S. The average molecular weight is 393 g/mol. The number of amides is 1. The summed E-state index contributed by atoms with van der Waals surface area (Å²) in [5.41, 5.74) is 0.708. The van der Waals surface area contributed by atoms with Gasteiger partial charge in [0, 0.05) is 13.1 Å². The predicted octanol–water partition coefficient (Wildman–Crippen LogP) is 3.42. The first-order valence-electron chi connectivity index (χ1n) is 10.0. The number of unbranched alkanes of at least 4 members (excludes halogenated alkanes) is 2. The van der Waals surface area contributed by atoms with Gasteiger partial charge in [0.15, 0.2) is 0 Å². The van der Waals surface area contributed by atoms with Crippen molar-refractivity contribution < 1.29 is 4.79 Å². The van der Waals surface area contributed by atoms with E-state index >= 15 is 0 Å². The standard InChI is InChI=1S/C20H32N4O2S/c1-5-8-13-24-14-22-19-16(20(24)26)15(4)17(27-19)18(25)21-11-9-10-12-23(6-2)7-3/h14H,5-13H2,1-4H3,(H,21,25). The summed E-state index contributed by atoms with van der Waals surface area (Å²) in [5, 5.41) is 3.58. The average Bonchev–Trinajstić information content (AvgIpc) is 3.01. The fourth-order valence-corrected chi connectivity index (χ4v) is 4.20. The molecule has 2 heterocycles. The van der Waals surface area contributed by atoms with Gasteiger partial charge >= 0.3 is 0 Å². The van der Waals surface area contributed by atoms with Gasteiger partial charge in [-0.3, -0.25) is 14.2 Å². The molecule has 0 aliphatic heterocycles. The molecule has 7 heteroatoms. The zero-order chi connectivity index (χ0) is 19.8. The number of thiophene rings is 1. The van der Waals surface area contributed by atoms with E-state index in [2.05, 4.69) is 36.0 Å². The number of nitrogens with zero attached hydrogens (tertiary/aromatic N) is 3. The van der Waals surface area contributed by atoms with E-state index in [0.717, 1.165) is 50.9 Å². The molecule has 2 aromatic rings. The Balaban J connectivity index is 2.01. The normalized spacial score (nSPS) is 11.4. The molecule has 150 valence electrons. The molecule has 27 heavy (non-hydrogen) atoms. The SMILES string of the molecule is CCCCn1cnc2sc(C(=O)NCCCCN(CC)CC)c(C)c2c1=O. The van der Waals surface area contributed by atoms with E-state index in [0.29, 0.717) is 28.2 Å². The van der Waals surface area contributed by atoms with Gasteiger partial charge in [0.2, 0.25) is 0 Å². The van der Waals surface area contributed by atoms with E-state index in [4.69, 9.17) is 0 Å². The number of aryl methyl sites for hydroxylation is 2. The van der Waals surface area contributed by atoms with Crippen LogP contribution in [0.25, 0.3) is 10.2 Å². The van der Waals surface area contributed by atoms with Crippen LogP contribution < -0.4 is 10.9 Å². The lowest BCUT2D eigenvalue weighted by molar-refractivity contribution is 0.0956. The fourth-order valence-electron chi connectivity index (χ4n) is 3.15. The lowest BCUT2D eigenvalue weighted by Gasteiger charge is -2.17. The second kappa shape index (κ2) is 10.6. The Bertz CT molecular complexity index is 808. The number of hydrogen-bond acceptors (Lipinski definition) is 5. The summed E-state index contributed by atoms with van der Waals surface area (Å²) in [4.78, 5) is 33.3. The summed E-state index contributed by atoms with van der Waals surface area (Å²) >= 11 is 1.31. The summed E-state index contributed by atoms with van der Waals surface area (Å²) in [6.45, 7) is 12.8. The van der Waals surface area contributed by atoms with Gasteiger partial charge in [-0.2, -0.15) is 0 Å². The smallest absolute Gasteiger partial charge is 0.262 e. The molecule has 0 saturated heterocycles. The van der Waals surface area contributed by atoms with Gasteiger partial charge in [-0.15, -0.1) is 11.3 Å². The number of carbonyl (C=O) groups is 1. The molecule has 0 radical (unpaired) electrons. The number of aromatic nitrogens is 2. The van der Waals surface area contributed by atoms with Gasteiger partial charge < -0.3 is 10.2 Å². The van der Waals surface area contributed by atoms with Crippen LogP contribution >= 0.6 is 11.3 Å². The van der Waals surface area contributed by atoms with E-state index in [9.17, 15) is 9.59 Å². The number of hydrogen-bond donors (Lipinski definition) is 1. The Morgan fingerprint density at radius 2 is 1.96 bits per heavy atom. The largest absolute Gasteiger partial charge is 0.351 e. The summed E-state index contributed by atoms with van der Waals surface area (Å²) < 4.78 is 1.65. The first-order valence-corrected chi connectivity index (χ1v) is 10.8. The van der Waals surface area contributed by atoms with Gasteiger partial charge in [0.25, 0.3) is 11.5 Å². The lowest BCUT2D eigenvalue weighted by atomic mass is 10.2. The summed E-state index contributed by atoms with van der Waals surface area (Å²) in [6.07, 6.45) is 5.59. The van der Waals surface area contributed by atoms with Crippen molar-refractivity contribution in [1.82, 2.24) is 19.8 Å². The van der Waals surface area contributed by atoms with Crippen LogP contribution in [0.1, 0.15) is 61.7 Å². The van der Waals surface area contributed by atoms with Crippen LogP contribution in [0.2, 0.25) is 0 Å². The van der Waals surface area contributed by atoms with Crippen molar-refractivity contribution in [3.63, 3.8) is 0 Å². The Hall–Kier alpha value is -1.73. The quantitative estimate of drug-likeness (QED) is 0.595. The molecule has 0 aliphatic rings. The molecule has 0 spiro atoms. The van der Waals surface area contributed by atoms with Crippen LogP contribution in [0.5, 0.6) is 0 Å². The minimum atomic E-state index is -0.0992. The van der Waals surface area contributed by atoms with Crippen molar-refractivity contribution in [3.05, 3.63) is 27.1 Å². The molecule has 0 unspecified atom stereocenters. The van der Waals surface area contributed by atoms with E-state index in [-0.39, 0.29) is 11.5 Å². The van der Waals surface area contributed by atoms with E-state index in [1.165, 1.54) is 11.3 Å². The van der Waals surface area contributed by atoms with Crippen LogP contribution in [0.3, 0.4) is 0 Å². The van der Waals surface area contributed by atoms with Gasteiger partial charge in [0.05, 0.1) is 16.6 Å². The molecule has 0 bridgehead atoms. The van der Waals surface area contributed by atoms with Gasteiger partial charge in [0.1, 0.15) is 4.83 Å². The van der Waals surface area contributed by atoms with E-state index < -0.39 is 0 Å². The maximum atomic E-state index is 12.7. The van der Waals surface area contributed by atoms with Crippen LogP contribution in [0.4, 0.5) is 0 Å². The zero-order valence-corrected chi connectivity index (χ0v) is 17.8. The zero-order valence-electron chi connectivity index (χ0n) is 17.0. The molecule has 1 N–H and O–H groups in total. The number of nitrogens with one attached hydrogen (secondary N) is 1. The highest BCUT2D eigenvalue weighted by Crippen LogP contribution is 2.26.